The van der Waals surface area contributed by atoms with Crippen LogP contribution in [0, 0.1) is 13.8 Å². The van der Waals surface area contributed by atoms with Crippen LogP contribution in [0.1, 0.15) is 35.1 Å². The summed E-state index contributed by atoms with van der Waals surface area (Å²) in [4.78, 5) is 34.7. The van der Waals surface area contributed by atoms with Crippen LogP contribution < -0.4 is 5.32 Å². The fourth-order valence-electron chi connectivity index (χ4n) is 2.56. The molecule has 132 valence electrons. The van der Waals surface area contributed by atoms with Crippen LogP contribution in [0.15, 0.2) is 30.3 Å². The Bertz CT molecular complexity index is 768. The first-order valence-electron chi connectivity index (χ1n) is 8.22. The van der Waals surface area contributed by atoms with E-state index in [9.17, 15) is 9.59 Å². The zero-order valence-electron chi connectivity index (χ0n) is 15.3. The number of amides is 2. The highest BCUT2D eigenvalue weighted by molar-refractivity contribution is 5.95. The number of rotatable bonds is 5. The van der Waals surface area contributed by atoms with Crippen LogP contribution in [0.5, 0.6) is 0 Å². The highest BCUT2D eigenvalue weighted by atomic mass is 16.2. The van der Waals surface area contributed by atoms with Crippen molar-refractivity contribution in [1.82, 2.24) is 20.2 Å². The predicted octanol–water partition coefficient (Wildman–Crippen LogP) is 2.36. The van der Waals surface area contributed by atoms with Gasteiger partial charge in [0.1, 0.15) is 0 Å². The topological polar surface area (TPSA) is 75.2 Å². The maximum atomic E-state index is 12.7. The summed E-state index contributed by atoms with van der Waals surface area (Å²) in [5.41, 5.74) is 3.11. The molecule has 0 unspecified atom stereocenters. The summed E-state index contributed by atoms with van der Waals surface area (Å²) in [6.45, 7) is 5.69. The summed E-state index contributed by atoms with van der Waals surface area (Å²) in [6, 6.07) is 8.97. The number of benzene rings is 1. The summed E-state index contributed by atoms with van der Waals surface area (Å²) < 4.78 is 0. The monoisotopic (exact) mass is 340 g/mol. The Kier molecular flexibility index (Phi) is 5.85. The van der Waals surface area contributed by atoms with Gasteiger partial charge in [0.05, 0.1) is 0 Å². The second-order valence-corrected chi connectivity index (χ2v) is 6.20. The Balaban J connectivity index is 2.25. The predicted molar refractivity (Wildman–Crippen MR) is 97.2 cm³/mol. The van der Waals surface area contributed by atoms with Crippen molar-refractivity contribution in [3.63, 3.8) is 0 Å². The van der Waals surface area contributed by atoms with Gasteiger partial charge in [-0.1, -0.05) is 12.1 Å². The van der Waals surface area contributed by atoms with Gasteiger partial charge in [-0.15, -0.1) is 0 Å². The van der Waals surface area contributed by atoms with Crippen molar-refractivity contribution in [2.45, 2.75) is 33.2 Å². The van der Waals surface area contributed by atoms with Crippen molar-refractivity contribution in [1.29, 1.82) is 0 Å². The van der Waals surface area contributed by atoms with E-state index in [0.29, 0.717) is 11.4 Å². The molecule has 6 nitrogen and oxygen atoms in total. The molecule has 1 heterocycles. The Morgan fingerprint density at radius 2 is 1.80 bits per heavy atom. The van der Waals surface area contributed by atoms with E-state index < -0.39 is 0 Å². The first-order valence-corrected chi connectivity index (χ1v) is 8.22. The standard InChI is InChI=1S/C19H24N4O2/c1-12-9-13(2)22-18(21-12)15-7-6-8-16(11-15)19(25)23(5)14(3)10-17(24)20-4/h6-9,11,14H,10H2,1-5H3,(H,20,24)/t14-/m1/s1. The van der Waals surface area contributed by atoms with Crippen LogP contribution in [0.25, 0.3) is 11.4 Å². The van der Waals surface area contributed by atoms with Gasteiger partial charge in [0.2, 0.25) is 5.91 Å². The molecule has 0 aliphatic heterocycles. The van der Waals surface area contributed by atoms with E-state index in [1.807, 2.05) is 39.0 Å². The summed E-state index contributed by atoms with van der Waals surface area (Å²) >= 11 is 0. The molecular weight excluding hydrogens is 316 g/mol. The number of aryl methyl sites for hydroxylation is 2. The van der Waals surface area contributed by atoms with Crippen LogP contribution >= 0.6 is 0 Å². The van der Waals surface area contributed by atoms with Crippen LogP contribution in [0.3, 0.4) is 0 Å². The third kappa shape index (κ3) is 4.62. The second kappa shape index (κ2) is 7.88. The largest absolute Gasteiger partial charge is 0.359 e. The van der Waals surface area contributed by atoms with Gasteiger partial charge in [-0.05, 0) is 39.0 Å². The van der Waals surface area contributed by atoms with E-state index in [1.54, 1.807) is 31.1 Å². The highest BCUT2D eigenvalue weighted by Crippen LogP contribution is 2.19. The van der Waals surface area contributed by atoms with E-state index in [0.717, 1.165) is 17.0 Å². The molecule has 0 bridgehead atoms. The molecule has 2 aromatic rings. The molecule has 0 radical (unpaired) electrons. The fourth-order valence-corrected chi connectivity index (χ4v) is 2.56. The number of carbonyl (C=O) groups excluding carboxylic acids is 2. The molecular formula is C19H24N4O2. The molecule has 0 fully saturated rings. The second-order valence-electron chi connectivity index (χ2n) is 6.20. The molecule has 0 aliphatic rings. The van der Waals surface area contributed by atoms with Gasteiger partial charge < -0.3 is 10.2 Å². The summed E-state index contributed by atoms with van der Waals surface area (Å²) in [5.74, 6) is 0.375. The van der Waals surface area contributed by atoms with Crippen LogP contribution in [0.2, 0.25) is 0 Å². The molecule has 0 saturated heterocycles. The van der Waals surface area contributed by atoms with Crippen molar-refractivity contribution in [2.24, 2.45) is 0 Å². The van der Waals surface area contributed by atoms with Crippen molar-refractivity contribution in [3.05, 3.63) is 47.3 Å². The van der Waals surface area contributed by atoms with E-state index in [1.165, 1.54) is 0 Å². The molecule has 6 heteroatoms. The van der Waals surface area contributed by atoms with Gasteiger partial charge in [0, 0.05) is 49.1 Å². The molecule has 1 aromatic carbocycles. The SMILES string of the molecule is CNC(=O)C[C@@H](C)N(C)C(=O)c1cccc(-c2nc(C)cc(C)n2)c1. The van der Waals surface area contributed by atoms with Crippen molar-refractivity contribution < 1.29 is 9.59 Å². The summed E-state index contributed by atoms with van der Waals surface area (Å²) in [5, 5.41) is 2.58. The minimum Gasteiger partial charge on any atom is -0.359 e. The van der Waals surface area contributed by atoms with Gasteiger partial charge in [0.15, 0.2) is 5.82 Å². The van der Waals surface area contributed by atoms with Crippen molar-refractivity contribution in [2.75, 3.05) is 14.1 Å². The molecule has 25 heavy (non-hydrogen) atoms. The summed E-state index contributed by atoms with van der Waals surface area (Å²) in [7, 11) is 3.29. The lowest BCUT2D eigenvalue weighted by Crippen LogP contribution is -2.38. The normalized spacial score (nSPS) is 11.7. The van der Waals surface area contributed by atoms with E-state index >= 15 is 0 Å². The van der Waals surface area contributed by atoms with Gasteiger partial charge >= 0.3 is 0 Å². The third-order valence-corrected chi connectivity index (χ3v) is 4.09. The lowest BCUT2D eigenvalue weighted by molar-refractivity contribution is -0.121. The smallest absolute Gasteiger partial charge is 0.253 e. The van der Waals surface area contributed by atoms with Gasteiger partial charge in [0.25, 0.3) is 5.91 Å². The minimum absolute atomic E-state index is 0.0930. The number of carbonyl (C=O) groups is 2. The number of aromatic nitrogens is 2. The molecule has 2 amide bonds. The molecule has 1 N–H and O–H groups in total. The molecule has 0 spiro atoms. The molecule has 1 atom stereocenters. The van der Waals surface area contributed by atoms with E-state index in [4.69, 9.17) is 0 Å². The van der Waals surface area contributed by atoms with Crippen LogP contribution in [-0.2, 0) is 4.79 Å². The minimum atomic E-state index is -0.200. The fraction of sp³-hybridized carbons (Fsp3) is 0.368. The van der Waals surface area contributed by atoms with Crippen molar-refractivity contribution >= 4 is 11.8 Å². The van der Waals surface area contributed by atoms with Crippen molar-refractivity contribution in [3.8, 4) is 11.4 Å². The zero-order chi connectivity index (χ0) is 18.6. The maximum absolute atomic E-state index is 12.7. The summed E-state index contributed by atoms with van der Waals surface area (Å²) in [6.07, 6.45) is 0.263. The van der Waals surface area contributed by atoms with Gasteiger partial charge in [-0.25, -0.2) is 9.97 Å². The number of nitrogens with zero attached hydrogens (tertiary/aromatic N) is 3. The first kappa shape index (κ1) is 18.6. The Morgan fingerprint density at radius 3 is 2.40 bits per heavy atom. The molecule has 2 rings (SSSR count). The molecule has 0 saturated carbocycles. The molecule has 0 aliphatic carbocycles. The van der Waals surface area contributed by atoms with Crippen LogP contribution in [-0.4, -0.2) is 46.8 Å². The third-order valence-electron chi connectivity index (χ3n) is 4.09. The number of hydrogen-bond acceptors (Lipinski definition) is 4. The molecule has 1 aromatic heterocycles. The van der Waals surface area contributed by atoms with Gasteiger partial charge in [-0.3, -0.25) is 9.59 Å². The first-order chi connectivity index (χ1) is 11.8. The zero-order valence-corrected chi connectivity index (χ0v) is 15.3. The average Bonchev–Trinajstić information content (AvgIpc) is 2.59. The number of nitrogens with one attached hydrogen (secondary N) is 1. The quantitative estimate of drug-likeness (QED) is 0.906. The average molecular weight is 340 g/mol. The lowest BCUT2D eigenvalue weighted by atomic mass is 10.1. The Labute approximate surface area is 148 Å². The highest BCUT2D eigenvalue weighted by Gasteiger charge is 2.20. The Hall–Kier alpha value is -2.76. The van der Waals surface area contributed by atoms with Crippen LogP contribution in [0.4, 0.5) is 0 Å². The van der Waals surface area contributed by atoms with E-state index in [-0.39, 0.29) is 24.3 Å². The number of hydrogen-bond donors (Lipinski definition) is 1. The lowest BCUT2D eigenvalue weighted by Gasteiger charge is -2.24. The maximum Gasteiger partial charge on any atom is 0.253 e. The van der Waals surface area contributed by atoms with E-state index in [2.05, 4.69) is 15.3 Å². The van der Waals surface area contributed by atoms with Gasteiger partial charge in [-0.2, -0.15) is 0 Å². The Morgan fingerprint density at radius 1 is 1.16 bits per heavy atom.